The molecule has 0 saturated carbocycles. The van der Waals surface area contributed by atoms with Gasteiger partial charge in [-0.1, -0.05) is 0 Å². The van der Waals surface area contributed by atoms with Gasteiger partial charge in [-0.25, -0.2) is 0 Å². The second-order valence-electron chi connectivity index (χ2n) is 5.08. The predicted octanol–water partition coefficient (Wildman–Crippen LogP) is 1.44. The molecule has 0 bridgehead atoms. The van der Waals surface area contributed by atoms with Crippen LogP contribution in [0.5, 0.6) is 0 Å². The molecule has 2 aromatic rings. The van der Waals surface area contributed by atoms with Gasteiger partial charge in [0.1, 0.15) is 5.82 Å². The first-order chi connectivity index (χ1) is 9.24. The smallest absolute Gasteiger partial charge is 0.178 e. The molecule has 1 atom stereocenters. The average molecular weight is 261 g/mol. The Labute approximate surface area is 112 Å². The van der Waals surface area contributed by atoms with Crippen molar-refractivity contribution in [1.82, 2.24) is 19.8 Å². The van der Waals surface area contributed by atoms with E-state index in [1.54, 1.807) is 4.52 Å². The lowest BCUT2D eigenvalue weighted by molar-refractivity contribution is 0.0215. The van der Waals surface area contributed by atoms with Crippen LogP contribution in [0.25, 0.3) is 5.65 Å². The average Bonchev–Trinajstić information content (AvgIpc) is 2.81. The van der Waals surface area contributed by atoms with Gasteiger partial charge in [0.15, 0.2) is 11.5 Å². The number of aryl methyl sites for hydroxylation is 1. The molecule has 0 N–H and O–H groups in total. The van der Waals surface area contributed by atoms with Gasteiger partial charge in [0.2, 0.25) is 0 Å². The van der Waals surface area contributed by atoms with Gasteiger partial charge in [-0.05, 0) is 38.3 Å². The lowest BCUT2D eigenvalue weighted by Gasteiger charge is -2.27. The third-order valence-electron chi connectivity index (χ3n) is 3.55. The maximum Gasteiger partial charge on any atom is 0.178 e. The number of aromatic nitrogens is 4. The van der Waals surface area contributed by atoms with Crippen molar-refractivity contribution >= 4 is 11.5 Å². The molecule has 2 aromatic heterocycles. The maximum atomic E-state index is 5.77. The SMILES string of the molecule is Cc1nnc2ccc(N(C)CC3CCCCO3)nn12. The van der Waals surface area contributed by atoms with Crippen molar-refractivity contribution in [1.29, 1.82) is 0 Å². The molecule has 1 unspecified atom stereocenters. The van der Waals surface area contributed by atoms with Gasteiger partial charge in [-0.2, -0.15) is 4.52 Å². The third kappa shape index (κ3) is 2.53. The summed E-state index contributed by atoms with van der Waals surface area (Å²) in [6, 6.07) is 3.92. The number of ether oxygens (including phenoxy) is 1. The van der Waals surface area contributed by atoms with Crippen LogP contribution < -0.4 is 4.90 Å². The summed E-state index contributed by atoms with van der Waals surface area (Å²) in [5.41, 5.74) is 0.781. The van der Waals surface area contributed by atoms with Crippen LogP contribution in [0.1, 0.15) is 25.1 Å². The van der Waals surface area contributed by atoms with Crippen molar-refractivity contribution in [3.8, 4) is 0 Å². The van der Waals surface area contributed by atoms with E-state index in [0.717, 1.165) is 36.9 Å². The van der Waals surface area contributed by atoms with Gasteiger partial charge in [0.05, 0.1) is 6.10 Å². The number of anilines is 1. The van der Waals surface area contributed by atoms with E-state index in [2.05, 4.69) is 20.2 Å². The maximum absolute atomic E-state index is 5.77. The molecule has 3 heterocycles. The minimum absolute atomic E-state index is 0.318. The van der Waals surface area contributed by atoms with Crippen LogP contribution in [-0.2, 0) is 4.74 Å². The summed E-state index contributed by atoms with van der Waals surface area (Å²) in [5, 5.41) is 12.6. The van der Waals surface area contributed by atoms with Crippen molar-refractivity contribution in [2.45, 2.75) is 32.3 Å². The lowest BCUT2D eigenvalue weighted by Crippen LogP contribution is -2.34. The van der Waals surface area contributed by atoms with Crippen LogP contribution in [0.3, 0.4) is 0 Å². The minimum Gasteiger partial charge on any atom is -0.376 e. The van der Waals surface area contributed by atoms with E-state index in [-0.39, 0.29) is 0 Å². The van der Waals surface area contributed by atoms with Crippen molar-refractivity contribution in [3.63, 3.8) is 0 Å². The molecule has 1 saturated heterocycles. The first-order valence-electron chi connectivity index (χ1n) is 6.76. The van der Waals surface area contributed by atoms with E-state index in [4.69, 9.17) is 4.74 Å². The summed E-state index contributed by atoms with van der Waals surface area (Å²) < 4.78 is 7.54. The molecule has 0 aromatic carbocycles. The van der Waals surface area contributed by atoms with Crippen molar-refractivity contribution in [2.24, 2.45) is 0 Å². The molecule has 3 rings (SSSR count). The van der Waals surface area contributed by atoms with Crippen molar-refractivity contribution in [3.05, 3.63) is 18.0 Å². The topological polar surface area (TPSA) is 55.5 Å². The van der Waals surface area contributed by atoms with Gasteiger partial charge in [0.25, 0.3) is 0 Å². The van der Waals surface area contributed by atoms with Gasteiger partial charge >= 0.3 is 0 Å². The third-order valence-corrected chi connectivity index (χ3v) is 3.55. The van der Waals surface area contributed by atoms with Crippen LogP contribution in [0.15, 0.2) is 12.1 Å². The lowest BCUT2D eigenvalue weighted by atomic mass is 10.1. The molecular weight excluding hydrogens is 242 g/mol. The summed E-state index contributed by atoms with van der Waals surface area (Å²) in [5.74, 6) is 1.73. The van der Waals surface area contributed by atoms with Gasteiger partial charge in [-0.15, -0.1) is 15.3 Å². The number of hydrogen-bond acceptors (Lipinski definition) is 5. The standard InChI is InChI=1S/C13H19N5O/c1-10-14-15-12-6-7-13(16-18(10)12)17(2)9-11-5-3-4-8-19-11/h6-7,11H,3-5,8-9H2,1-2H3. The summed E-state index contributed by atoms with van der Waals surface area (Å²) >= 11 is 0. The van der Waals surface area contributed by atoms with Crippen molar-refractivity contribution in [2.75, 3.05) is 25.1 Å². The number of nitrogens with zero attached hydrogens (tertiary/aromatic N) is 5. The summed E-state index contributed by atoms with van der Waals surface area (Å²) in [4.78, 5) is 2.13. The zero-order valence-electron chi connectivity index (χ0n) is 11.4. The molecule has 0 spiro atoms. The molecule has 1 aliphatic heterocycles. The Morgan fingerprint density at radius 1 is 1.37 bits per heavy atom. The van der Waals surface area contributed by atoms with Crippen molar-refractivity contribution < 1.29 is 4.74 Å². The normalized spacial score (nSPS) is 19.8. The highest BCUT2D eigenvalue weighted by Gasteiger charge is 2.17. The number of hydrogen-bond donors (Lipinski definition) is 0. The van der Waals surface area contributed by atoms with Crippen LogP contribution in [0, 0.1) is 6.92 Å². The number of fused-ring (bicyclic) bond motifs is 1. The molecule has 6 nitrogen and oxygen atoms in total. The fourth-order valence-corrected chi connectivity index (χ4v) is 2.44. The molecule has 102 valence electrons. The van der Waals surface area contributed by atoms with E-state index in [1.165, 1.54) is 12.8 Å². The zero-order valence-corrected chi connectivity index (χ0v) is 11.4. The Kier molecular flexibility index (Phi) is 3.33. The zero-order chi connectivity index (χ0) is 13.2. The highest BCUT2D eigenvalue weighted by Crippen LogP contribution is 2.16. The molecule has 0 radical (unpaired) electrons. The summed E-state index contributed by atoms with van der Waals surface area (Å²) in [7, 11) is 2.05. The first-order valence-corrected chi connectivity index (χ1v) is 6.76. The van der Waals surface area contributed by atoms with Gasteiger partial charge < -0.3 is 9.64 Å². The number of rotatable bonds is 3. The van der Waals surface area contributed by atoms with Gasteiger partial charge in [0, 0.05) is 20.2 Å². The predicted molar refractivity (Wildman–Crippen MR) is 72.4 cm³/mol. The molecule has 6 heteroatoms. The molecule has 1 aliphatic rings. The fourth-order valence-electron chi connectivity index (χ4n) is 2.44. The Morgan fingerprint density at radius 2 is 2.26 bits per heavy atom. The second kappa shape index (κ2) is 5.13. The van der Waals surface area contributed by atoms with E-state index in [9.17, 15) is 0 Å². The highest BCUT2D eigenvalue weighted by molar-refractivity contribution is 5.45. The van der Waals surface area contributed by atoms with Crippen LogP contribution in [0.4, 0.5) is 5.82 Å². The minimum atomic E-state index is 0.318. The second-order valence-corrected chi connectivity index (χ2v) is 5.08. The Bertz CT molecular complexity index is 561. The fraction of sp³-hybridized carbons (Fsp3) is 0.615. The Morgan fingerprint density at radius 3 is 3.05 bits per heavy atom. The summed E-state index contributed by atoms with van der Waals surface area (Å²) in [6.45, 7) is 3.66. The molecule has 1 fully saturated rings. The quantitative estimate of drug-likeness (QED) is 0.836. The van der Waals surface area contributed by atoms with Gasteiger partial charge in [-0.3, -0.25) is 0 Å². The van der Waals surface area contributed by atoms with E-state index < -0.39 is 0 Å². The Hall–Kier alpha value is -1.69. The molecule has 19 heavy (non-hydrogen) atoms. The summed E-state index contributed by atoms with van der Waals surface area (Å²) in [6.07, 6.45) is 3.90. The first kappa shape index (κ1) is 12.3. The highest BCUT2D eigenvalue weighted by atomic mass is 16.5. The van der Waals surface area contributed by atoms with E-state index >= 15 is 0 Å². The largest absolute Gasteiger partial charge is 0.376 e. The van der Waals surface area contributed by atoms with E-state index in [1.807, 2.05) is 26.1 Å². The molecular formula is C13H19N5O. The monoisotopic (exact) mass is 261 g/mol. The molecule has 0 aliphatic carbocycles. The van der Waals surface area contributed by atoms with Crippen LogP contribution >= 0.6 is 0 Å². The van der Waals surface area contributed by atoms with Crippen LogP contribution in [-0.4, -0.2) is 46.1 Å². The Balaban J connectivity index is 1.76. The van der Waals surface area contributed by atoms with Crippen LogP contribution in [0.2, 0.25) is 0 Å². The molecule has 0 amide bonds. The number of likely N-dealkylation sites (N-methyl/N-ethyl adjacent to an activating group) is 1. The van der Waals surface area contributed by atoms with E-state index in [0.29, 0.717) is 6.10 Å².